The van der Waals surface area contributed by atoms with Gasteiger partial charge in [-0.3, -0.25) is 0 Å². The van der Waals surface area contributed by atoms with Gasteiger partial charge in [-0.2, -0.15) is 0 Å². The van der Waals surface area contributed by atoms with Gasteiger partial charge in [0.1, 0.15) is 0 Å². The average molecular weight is 227 g/mol. The summed E-state index contributed by atoms with van der Waals surface area (Å²) in [6.07, 6.45) is 10.1. The van der Waals surface area contributed by atoms with E-state index >= 15 is 0 Å². The number of aryl methyl sites for hydroxylation is 1. The molecule has 78 valence electrons. The van der Waals surface area contributed by atoms with E-state index in [1.54, 1.807) is 5.30 Å². The summed E-state index contributed by atoms with van der Waals surface area (Å²) < 4.78 is 4.54. The molecule has 1 aliphatic rings. The van der Waals surface area contributed by atoms with Gasteiger partial charge in [0.25, 0.3) is 0 Å². The summed E-state index contributed by atoms with van der Waals surface area (Å²) in [6.45, 7) is 2.21. The molecule has 0 radical (unpaired) electrons. The highest BCUT2D eigenvalue weighted by molar-refractivity contribution is 7.89. The van der Waals surface area contributed by atoms with E-state index in [2.05, 4.69) is 11.7 Å². The lowest BCUT2D eigenvalue weighted by atomic mass is 9.89. The van der Waals surface area contributed by atoms with E-state index in [4.69, 9.17) is 0 Å². The van der Waals surface area contributed by atoms with Gasteiger partial charge >= 0.3 is 0 Å². The van der Waals surface area contributed by atoms with Crippen LogP contribution >= 0.6 is 15.9 Å². The number of hydrogen-bond acceptors (Lipinski definition) is 1. The molecule has 1 aliphatic carbocycles. The minimum absolute atomic E-state index is 0.813. The maximum absolute atomic E-state index is 4.54. The van der Waals surface area contributed by atoms with Gasteiger partial charge in [0.05, 0.1) is 0 Å². The fourth-order valence-corrected chi connectivity index (χ4v) is 5.54. The zero-order valence-electron chi connectivity index (χ0n) is 8.92. The van der Waals surface area contributed by atoms with Crippen LogP contribution < -0.4 is 0 Å². The van der Waals surface area contributed by atoms with Crippen LogP contribution in [0.1, 0.15) is 61.9 Å². The van der Waals surface area contributed by atoms with Gasteiger partial charge in [0.15, 0.2) is 0 Å². The smallest absolute Gasteiger partial charge is 0.0498 e. The first-order chi connectivity index (χ1) is 6.88. The first kappa shape index (κ1) is 10.7. The average Bonchev–Trinajstić information content (AvgIpc) is 2.51. The monoisotopic (exact) mass is 227 g/mol. The second-order valence-corrected chi connectivity index (χ2v) is 6.74. The third-order valence-electron chi connectivity index (χ3n) is 3.25. The van der Waals surface area contributed by atoms with Crippen molar-refractivity contribution in [1.82, 2.24) is 4.75 Å². The Bertz CT molecular complexity index is 275. The van der Waals surface area contributed by atoms with E-state index < -0.39 is 0 Å². The van der Waals surface area contributed by atoms with E-state index in [0.717, 1.165) is 13.9 Å². The lowest BCUT2D eigenvalue weighted by Gasteiger charge is -2.18. The molecule has 2 rings (SSSR count). The second kappa shape index (κ2) is 5.29. The number of rotatable bonds is 1. The summed E-state index contributed by atoms with van der Waals surface area (Å²) in [5.41, 5.74) is 1.37. The van der Waals surface area contributed by atoms with Gasteiger partial charge in [-0.25, -0.2) is 4.75 Å². The van der Waals surface area contributed by atoms with Crippen LogP contribution in [0.25, 0.3) is 0 Å². The minimum atomic E-state index is 0.813. The van der Waals surface area contributed by atoms with E-state index in [9.17, 15) is 0 Å². The van der Waals surface area contributed by atoms with Crippen LogP contribution in [0.5, 0.6) is 0 Å². The fourth-order valence-electron chi connectivity index (χ4n) is 2.41. The molecule has 3 heteroatoms. The fraction of sp³-hybridized carbons (Fsp3) is 0.818. The molecule has 0 spiro atoms. The zero-order valence-corrected chi connectivity index (χ0v) is 10.8. The molecule has 1 nitrogen and oxygen atoms in total. The Morgan fingerprint density at radius 2 is 1.79 bits per heavy atom. The van der Waals surface area contributed by atoms with Crippen LogP contribution in [0.2, 0.25) is 0 Å². The summed E-state index contributed by atoms with van der Waals surface area (Å²) in [5.74, 6) is 0.885. The molecule has 1 heterocycles. The summed E-state index contributed by atoms with van der Waals surface area (Å²) in [4.78, 5) is 0. The molecule has 1 atom stereocenters. The van der Waals surface area contributed by atoms with Gasteiger partial charge in [-0.1, -0.05) is 32.1 Å². The molecule has 1 aromatic heterocycles. The predicted molar refractivity (Wildman–Crippen MR) is 66.0 cm³/mol. The largest absolute Gasteiger partial charge is 0.241 e. The minimum Gasteiger partial charge on any atom is -0.241 e. The Morgan fingerprint density at radius 3 is 2.36 bits per heavy atom. The van der Waals surface area contributed by atoms with Gasteiger partial charge < -0.3 is 0 Å². The summed E-state index contributed by atoms with van der Waals surface area (Å²) >= 11 is 0. The van der Waals surface area contributed by atoms with Crippen molar-refractivity contribution in [1.29, 1.82) is 0 Å². The second-order valence-electron chi connectivity index (χ2n) is 4.34. The molecule has 14 heavy (non-hydrogen) atoms. The maximum Gasteiger partial charge on any atom is 0.0498 e. The number of nitrogens with zero attached hydrogens (tertiary/aromatic N) is 1. The molecule has 0 amide bonds. The Balaban J connectivity index is 2.04. The number of hydrogen-bond donors (Lipinski definition) is 0. The first-order valence-electron chi connectivity index (χ1n) is 5.75. The molecular weight excluding hydrogens is 208 g/mol. The van der Waals surface area contributed by atoms with Crippen LogP contribution in [0.4, 0.5) is 0 Å². The van der Waals surface area contributed by atoms with Crippen molar-refractivity contribution in [3.05, 3.63) is 11.0 Å². The van der Waals surface area contributed by atoms with Crippen molar-refractivity contribution >= 4 is 15.9 Å². The molecular formula is C11H19NP2. The molecule has 0 N–H and O–H groups in total. The molecule has 0 aliphatic heterocycles. The highest BCUT2D eigenvalue weighted by Gasteiger charge is 2.16. The molecule has 1 aromatic rings. The number of aromatic nitrogens is 1. The molecule has 1 unspecified atom stereocenters. The Hall–Kier alpha value is 0.140. The first-order valence-corrected chi connectivity index (χ1v) is 8.43. The standard InChI is InChI=1S/C11H19NP2/c1-9-11(13-14-12-9)10-7-5-3-2-4-6-8-10/h10,14H,2-8H2,1H3. The van der Waals surface area contributed by atoms with E-state index in [-0.39, 0.29) is 0 Å². The third kappa shape index (κ3) is 2.59. The molecule has 1 fully saturated rings. The van der Waals surface area contributed by atoms with Crippen LogP contribution in [-0.2, 0) is 0 Å². The topological polar surface area (TPSA) is 12.9 Å². The van der Waals surface area contributed by atoms with E-state index in [0.29, 0.717) is 0 Å². The van der Waals surface area contributed by atoms with Gasteiger partial charge in [0.2, 0.25) is 0 Å². The third-order valence-corrected chi connectivity index (χ3v) is 6.04. The molecule has 0 aromatic carbocycles. The summed E-state index contributed by atoms with van der Waals surface area (Å²) in [6, 6.07) is 0. The van der Waals surface area contributed by atoms with Crippen molar-refractivity contribution in [2.75, 3.05) is 0 Å². The molecule has 0 saturated heterocycles. The van der Waals surface area contributed by atoms with Crippen LogP contribution in [0.15, 0.2) is 0 Å². The zero-order chi connectivity index (χ0) is 9.80. The highest BCUT2D eigenvalue weighted by atomic mass is 31.8. The van der Waals surface area contributed by atoms with Crippen LogP contribution in [0.3, 0.4) is 0 Å². The Morgan fingerprint density at radius 1 is 1.14 bits per heavy atom. The van der Waals surface area contributed by atoms with Crippen molar-refractivity contribution in [3.8, 4) is 0 Å². The van der Waals surface area contributed by atoms with E-state index in [1.165, 1.54) is 58.5 Å². The van der Waals surface area contributed by atoms with Gasteiger partial charge in [-0.15, -0.1) is 0 Å². The van der Waals surface area contributed by atoms with E-state index in [1.807, 2.05) is 0 Å². The Labute approximate surface area is 89.9 Å². The maximum atomic E-state index is 4.54. The normalized spacial score (nSPS) is 21.5. The van der Waals surface area contributed by atoms with Crippen molar-refractivity contribution in [2.45, 2.75) is 57.8 Å². The Kier molecular flexibility index (Phi) is 4.02. The van der Waals surface area contributed by atoms with Crippen molar-refractivity contribution in [2.24, 2.45) is 0 Å². The lowest BCUT2D eigenvalue weighted by molar-refractivity contribution is 0.458. The summed E-state index contributed by atoms with van der Waals surface area (Å²) in [7, 11) is 2.34. The predicted octanol–water partition coefficient (Wildman–Crippen LogP) is 4.83. The summed E-state index contributed by atoms with van der Waals surface area (Å²) in [5, 5.41) is 1.69. The van der Waals surface area contributed by atoms with Gasteiger partial charge in [-0.05, 0) is 41.6 Å². The van der Waals surface area contributed by atoms with Crippen LogP contribution in [0, 0.1) is 6.92 Å². The van der Waals surface area contributed by atoms with Gasteiger partial charge in [0, 0.05) is 11.0 Å². The highest BCUT2D eigenvalue weighted by Crippen LogP contribution is 2.40. The lowest BCUT2D eigenvalue weighted by Crippen LogP contribution is -2.01. The quantitative estimate of drug-likeness (QED) is 0.669. The van der Waals surface area contributed by atoms with Crippen molar-refractivity contribution in [3.63, 3.8) is 0 Å². The molecule has 0 bridgehead atoms. The SMILES string of the molecule is Cc1n[pH]pc1C1CCCCCCC1. The molecule has 1 saturated carbocycles. The van der Waals surface area contributed by atoms with Crippen molar-refractivity contribution < 1.29 is 0 Å². The van der Waals surface area contributed by atoms with Crippen LogP contribution in [-0.4, -0.2) is 4.75 Å².